The number of piperazine rings is 1. The van der Waals surface area contributed by atoms with Gasteiger partial charge in [-0.15, -0.1) is 0 Å². The lowest BCUT2D eigenvalue weighted by molar-refractivity contribution is -0.131. The van der Waals surface area contributed by atoms with Crippen LogP contribution in [0.2, 0.25) is 0 Å². The van der Waals surface area contributed by atoms with Crippen molar-refractivity contribution in [1.82, 2.24) is 14.7 Å². The van der Waals surface area contributed by atoms with Gasteiger partial charge in [0.05, 0.1) is 6.54 Å². The van der Waals surface area contributed by atoms with Gasteiger partial charge in [-0.1, -0.05) is 6.07 Å². The Hall–Kier alpha value is -1.15. The zero-order valence-corrected chi connectivity index (χ0v) is 15.4. The number of amides is 2. The molecule has 0 unspecified atom stereocenters. The summed E-state index contributed by atoms with van der Waals surface area (Å²) in [5.74, 6) is 0.328. The molecule has 5 nitrogen and oxygen atoms in total. The molecule has 0 radical (unpaired) electrons. The van der Waals surface area contributed by atoms with Crippen LogP contribution in [0.5, 0.6) is 0 Å². The van der Waals surface area contributed by atoms with Crippen LogP contribution in [0.25, 0.3) is 0 Å². The van der Waals surface area contributed by atoms with Crippen molar-refractivity contribution in [2.24, 2.45) is 0 Å². The zero-order chi connectivity index (χ0) is 16.2. The van der Waals surface area contributed by atoms with Gasteiger partial charge in [0.2, 0.25) is 5.91 Å². The molecule has 0 bridgehead atoms. The third kappa shape index (κ3) is 4.23. The van der Waals surface area contributed by atoms with E-state index in [2.05, 4.69) is 27.5 Å². The van der Waals surface area contributed by atoms with Gasteiger partial charge in [-0.25, -0.2) is 0 Å². The minimum atomic E-state index is 0.0917. The van der Waals surface area contributed by atoms with Crippen molar-refractivity contribution in [3.05, 3.63) is 33.4 Å². The van der Waals surface area contributed by atoms with Crippen molar-refractivity contribution in [1.29, 1.82) is 0 Å². The Balaban J connectivity index is 1.50. The summed E-state index contributed by atoms with van der Waals surface area (Å²) >= 11 is 2.22. The van der Waals surface area contributed by atoms with E-state index < -0.39 is 0 Å². The van der Waals surface area contributed by atoms with E-state index in [1.165, 1.54) is 0 Å². The fourth-order valence-electron chi connectivity index (χ4n) is 3.17. The van der Waals surface area contributed by atoms with Gasteiger partial charge in [-0.05, 0) is 53.6 Å². The number of halogens is 1. The second kappa shape index (κ2) is 7.61. The van der Waals surface area contributed by atoms with Gasteiger partial charge in [0.1, 0.15) is 0 Å². The summed E-state index contributed by atoms with van der Waals surface area (Å²) in [6, 6.07) is 7.69. The van der Waals surface area contributed by atoms with Gasteiger partial charge in [0.25, 0.3) is 5.91 Å². The minimum absolute atomic E-state index is 0.0917. The van der Waals surface area contributed by atoms with E-state index in [-0.39, 0.29) is 11.8 Å². The Bertz CT molecular complexity index is 579. The van der Waals surface area contributed by atoms with Gasteiger partial charge in [-0.3, -0.25) is 14.5 Å². The number of hydrogen-bond donors (Lipinski definition) is 0. The average Bonchev–Trinajstić information content (AvgIpc) is 3.09. The van der Waals surface area contributed by atoms with E-state index in [0.29, 0.717) is 19.6 Å². The summed E-state index contributed by atoms with van der Waals surface area (Å²) in [5.41, 5.74) is 0.749. The second-order valence-electron chi connectivity index (χ2n) is 6.17. The molecule has 2 aliphatic heterocycles. The van der Waals surface area contributed by atoms with Gasteiger partial charge in [0.15, 0.2) is 0 Å². The van der Waals surface area contributed by atoms with E-state index in [4.69, 9.17) is 0 Å². The maximum absolute atomic E-state index is 12.5. The van der Waals surface area contributed by atoms with Gasteiger partial charge < -0.3 is 9.80 Å². The fourth-order valence-corrected chi connectivity index (χ4v) is 3.71. The van der Waals surface area contributed by atoms with Crippen LogP contribution in [-0.2, 0) is 4.79 Å². The Morgan fingerprint density at radius 1 is 0.957 bits per heavy atom. The first-order chi connectivity index (χ1) is 11.1. The van der Waals surface area contributed by atoms with E-state index >= 15 is 0 Å². The van der Waals surface area contributed by atoms with Crippen LogP contribution in [0.3, 0.4) is 0 Å². The first-order valence-electron chi connectivity index (χ1n) is 8.18. The molecule has 1 aromatic carbocycles. The van der Waals surface area contributed by atoms with E-state index in [0.717, 1.165) is 48.2 Å². The monoisotopic (exact) mass is 427 g/mol. The predicted molar refractivity (Wildman–Crippen MR) is 97.3 cm³/mol. The molecule has 2 fully saturated rings. The van der Waals surface area contributed by atoms with Crippen LogP contribution in [-0.4, -0.2) is 72.3 Å². The molecule has 0 atom stereocenters. The van der Waals surface area contributed by atoms with Crippen LogP contribution in [0.15, 0.2) is 24.3 Å². The molecule has 2 heterocycles. The van der Waals surface area contributed by atoms with Gasteiger partial charge >= 0.3 is 0 Å². The molecule has 0 aromatic heterocycles. The lowest BCUT2D eigenvalue weighted by Gasteiger charge is -2.35. The van der Waals surface area contributed by atoms with Crippen LogP contribution in [0, 0.1) is 3.57 Å². The molecule has 2 aliphatic rings. The number of hydrogen-bond acceptors (Lipinski definition) is 3. The Morgan fingerprint density at radius 3 is 2.30 bits per heavy atom. The molecule has 23 heavy (non-hydrogen) atoms. The topological polar surface area (TPSA) is 43.9 Å². The van der Waals surface area contributed by atoms with Crippen LogP contribution in [0.1, 0.15) is 23.2 Å². The summed E-state index contributed by atoms with van der Waals surface area (Å²) in [7, 11) is 0. The molecule has 0 saturated carbocycles. The maximum Gasteiger partial charge on any atom is 0.253 e. The van der Waals surface area contributed by atoms with Crippen molar-refractivity contribution in [3.63, 3.8) is 0 Å². The van der Waals surface area contributed by atoms with Crippen molar-refractivity contribution >= 4 is 34.4 Å². The molecular weight excluding hydrogens is 405 g/mol. The van der Waals surface area contributed by atoms with Crippen LogP contribution < -0.4 is 0 Å². The minimum Gasteiger partial charge on any atom is -0.342 e. The van der Waals surface area contributed by atoms with Crippen molar-refractivity contribution in [2.75, 3.05) is 45.8 Å². The Kier molecular flexibility index (Phi) is 5.53. The molecule has 124 valence electrons. The number of carbonyl (C=O) groups excluding carboxylic acids is 2. The van der Waals surface area contributed by atoms with Crippen LogP contribution >= 0.6 is 22.6 Å². The van der Waals surface area contributed by atoms with Crippen molar-refractivity contribution < 1.29 is 9.59 Å². The highest BCUT2D eigenvalue weighted by Crippen LogP contribution is 2.13. The van der Waals surface area contributed by atoms with Gasteiger partial charge in [-0.2, -0.15) is 0 Å². The molecule has 1 aromatic rings. The summed E-state index contributed by atoms with van der Waals surface area (Å²) in [4.78, 5) is 30.7. The standard InChI is InChI=1S/C17H22IN3O2/c18-15-5-3-4-14(12-15)17(23)21-10-8-19(9-11-21)13-16(22)20-6-1-2-7-20/h3-5,12H,1-2,6-11,13H2. The number of nitrogens with zero attached hydrogens (tertiary/aromatic N) is 3. The number of likely N-dealkylation sites (tertiary alicyclic amines) is 1. The smallest absolute Gasteiger partial charge is 0.253 e. The molecule has 0 N–H and O–H groups in total. The summed E-state index contributed by atoms with van der Waals surface area (Å²) in [6.07, 6.45) is 2.26. The number of benzene rings is 1. The molecule has 0 spiro atoms. The summed E-state index contributed by atoms with van der Waals surface area (Å²) < 4.78 is 1.07. The van der Waals surface area contributed by atoms with E-state index in [1.54, 1.807) is 0 Å². The average molecular weight is 427 g/mol. The molecular formula is C17H22IN3O2. The predicted octanol–water partition coefficient (Wildman–Crippen LogP) is 1.67. The zero-order valence-electron chi connectivity index (χ0n) is 13.2. The third-order valence-corrected chi connectivity index (χ3v) is 5.22. The third-order valence-electron chi connectivity index (χ3n) is 4.55. The lowest BCUT2D eigenvalue weighted by atomic mass is 10.2. The van der Waals surface area contributed by atoms with Crippen LogP contribution in [0.4, 0.5) is 0 Å². The number of carbonyl (C=O) groups is 2. The fraction of sp³-hybridized carbons (Fsp3) is 0.529. The maximum atomic E-state index is 12.5. The van der Waals surface area contributed by atoms with Gasteiger partial charge in [0, 0.05) is 48.4 Å². The first kappa shape index (κ1) is 16.7. The second-order valence-corrected chi connectivity index (χ2v) is 7.41. The highest BCUT2D eigenvalue weighted by atomic mass is 127. The molecule has 0 aliphatic carbocycles. The first-order valence-corrected chi connectivity index (χ1v) is 9.26. The molecule has 2 saturated heterocycles. The van der Waals surface area contributed by atoms with E-state index in [1.807, 2.05) is 34.1 Å². The highest BCUT2D eigenvalue weighted by Gasteiger charge is 2.25. The van der Waals surface area contributed by atoms with Crippen molar-refractivity contribution in [2.45, 2.75) is 12.8 Å². The highest BCUT2D eigenvalue weighted by molar-refractivity contribution is 14.1. The quantitative estimate of drug-likeness (QED) is 0.690. The Morgan fingerprint density at radius 2 is 1.65 bits per heavy atom. The molecule has 2 amide bonds. The van der Waals surface area contributed by atoms with Crippen molar-refractivity contribution in [3.8, 4) is 0 Å². The normalized spacial score (nSPS) is 19.2. The SMILES string of the molecule is O=C(CN1CCN(C(=O)c2cccc(I)c2)CC1)N1CCCC1. The largest absolute Gasteiger partial charge is 0.342 e. The lowest BCUT2D eigenvalue weighted by Crippen LogP contribution is -2.51. The summed E-state index contributed by atoms with van der Waals surface area (Å²) in [5, 5.41) is 0. The van der Waals surface area contributed by atoms with E-state index in [9.17, 15) is 9.59 Å². The molecule has 6 heteroatoms. The number of rotatable bonds is 3. The summed E-state index contributed by atoms with van der Waals surface area (Å²) in [6.45, 7) is 5.23. The Labute approximate surface area is 150 Å². The molecule has 3 rings (SSSR count).